The number of hydrogen-bond donors (Lipinski definition) is 0. The zero-order valence-electron chi connectivity index (χ0n) is 10.7. The normalized spacial score (nSPS) is 12.7. The van der Waals surface area contributed by atoms with E-state index in [2.05, 4.69) is 23.4 Å². The summed E-state index contributed by atoms with van der Waals surface area (Å²) in [5.41, 5.74) is 2.79. The molecule has 0 bridgehead atoms. The van der Waals surface area contributed by atoms with Crippen molar-refractivity contribution in [3.8, 4) is 0 Å². The van der Waals surface area contributed by atoms with E-state index in [4.69, 9.17) is 0 Å². The fourth-order valence-electron chi connectivity index (χ4n) is 1.96. The minimum atomic E-state index is -0.240. The van der Waals surface area contributed by atoms with Crippen LogP contribution >= 0.6 is 0 Å². The van der Waals surface area contributed by atoms with Gasteiger partial charge >= 0.3 is 0 Å². The SMILES string of the molecule is CC=C(C)n1c(C(C)C)nc2cc(F)ccc21. The fraction of sp³-hybridized carbons (Fsp3) is 0.357. The summed E-state index contributed by atoms with van der Waals surface area (Å²) >= 11 is 0. The van der Waals surface area contributed by atoms with E-state index in [1.807, 2.05) is 19.9 Å². The van der Waals surface area contributed by atoms with Crippen molar-refractivity contribution in [2.45, 2.75) is 33.6 Å². The molecule has 17 heavy (non-hydrogen) atoms. The third-order valence-electron chi connectivity index (χ3n) is 2.93. The highest BCUT2D eigenvalue weighted by Crippen LogP contribution is 2.25. The molecule has 0 radical (unpaired) electrons. The number of halogens is 1. The number of aromatic nitrogens is 2. The van der Waals surface area contributed by atoms with E-state index >= 15 is 0 Å². The number of allylic oxidation sites excluding steroid dienone is 2. The lowest BCUT2D eigenvalue weighted by Crippen LogP contribution is -2.02. The zero-order valence-corrected chi connectivity index (χ0v) is 10.7. The van der Waals surface area contributed by atoms with Crippen molar-refractivity contribution in [1.82, 2.24) is 9.55 Å². The van der Waals surface area contributed by atoms with Crippen LogP contribution in [0.3, 0.4) is 0 Å². The Bertz CT molecular complexity index is 579. The van der Waals surface area contributed by atoms with Crippen LogP contribution in [-0.2, 0) is 0 Å². The van der Waals surface area contributed by atoms with Gasteiger partial charge in [0.2, 0.25) is 0 Å². The van der Waals surface area contributed by atoms with Crippen LogP contribution in [0.2, 0.25) is 0 Å². The van der Waals surface area contributed by atoms with Crippen molar-refractivity contribution in [3.05, 3.63) is 35.9 Å². The van der Waals surface area contributed by atoms with Gasteiger partial charge in [0, 0.05) is 17.7 Å². The Kier molecular flexibility index (Phi) is 3.01. The summed E-state index contributed by atoms with van der Waals surface area (Å²) in [6.45, 7) is 8.22. The highest BCUT2D eigenvalue weighted by Gasteiger charge is 2.14. The van der Waals surface area contributed by atoms with Crippen LogP contribution < -0.4 is 0 Å². The first-order valence-corrected chi connectivity index (χ1v) is 5.85. The number of fused-ring (bicyclic) bond motifs is 1. The summed E-state index contributed by atoms with van der Waals surface area (Å²) in [6.07, 6.45) is 2.04. The lowest BCUT2D eigenvalue weighted by molar-refractivity contribution is 0.629. The molecule has 0 atom stereocenters. The smallest absolute Gasteiger partial charge is 0.125 e. The average molecular weight is 232 g/mol. The molecule has 0 aliphatic carbocycles. The van der Waals surface area contributed by atoms with Crippen molar-refractivity contribution in [2.75, 3.05) is 0 Å². The van der Waals surface area contributed by atoms with Crippen LogP contribution in [0, 0.1) is 5.82 Å². The predicted molar refractivity (Wildman–Crippen MR) is 69.4 cm³/mol. The lowest BCUT2D eigenvalue weighted by Gasteiger charge is -2.11. The summed E-state index contributed by atoms with van der Waals surface area (Å²) in [4.78, 5) is 4.52. The maximum atomic E-state index is 13.2. The molecule has 2 nitrogen and oxygen atoms in total. The molecule has 2 aromatic rings. The molecule has 0 unspecified atom stereocenters. The molecule has 0 aliphatic heterocycles. The van der Waals surface area contributed by atoms with Crippen molar-refractivity contribution in [1.29, 1.82) is 0 Å². The van der Waals surface area contributed by atoms with E-state index < -0.39 is 0 Å². The monoisotopic (exact) mass is 232 g/mol. The number of rotatable bonds is 2. The molecule has 0 N–H and O–H groups in total. The van der Waals surface area contributed by atoms with Gasteiger partial charge in [0.25, 0.3) is 0 Å². The standard InChI is InChI=1S/C14H17FN2/c1-5-10(4)17-13-7-6-11(15)8-12(13)16-14(17)9(2)3/h5-9H,1-4H3. The Morgan fingerprint density at radius 1 is 1.41 bits per heavy atom. The van der Waals surface area contributed by atoms with Gasteiger partial charge in [-0.2, -0.15) is 0 Å². The molecule has 1 aromatic heterocycles. The number of hydrogen-bond acceptors (Lipinski definition) is 1. The number of imidazole rings is 1. The molecular formula is C14H17FN2. The summed E-state index contributed by atoms with van der Waals surface area (Å²) in [5, 5.41) is 0. The molecule has 3 heteroatoms. The van der Waals surface area contributed by atoms with Gasteiger partial charge < -0.3 is 4.57 Å². The second-order valence-corrected chi connectivity index (χ2v) is 4.52. The molecule has 0 saturated carbocycles. The Morgan fingerprint density at radius 2 is 2.12 bits per heavy atom. The summed E-state index contributed by atoms with van der Waals surface area (Å²) in [6, 6.07) is 4.75. The minimum absolute atomic E-state index is 0.240. The summed E-state index contributed by atoms with van der Waals surface area (Å²) < 4.78 is 15.3. The third kappa shape index (κ3) is 1.97. The van der Waals surface area contributed by atoms with Crippen LogP contribution in [0.4, 0.5) is 4.39 Å². The minimum Gasteiger partial charge on any atom is -0.300 e. The molecule has 0 amide bonds. The second kappa shape index (κ2) is 4.32. The van der Waals surface area contributed by atoms with Gasteiger partial charge in [-0.3, -0.25) is 0 Å². The predicted octanol–water partition coefficient (Wildman–Crippen LogP) is 4.18. The summed E-state index contributed by atoms with van der Waals surface area (Å²) in [5.74, 6) is 1.04. The summed E-state index contributed by atoms with van der Waals surface area (Å²) in [7, 11) is 0. The van der Waals surface area contributed by atoms with Crippen molar-refractivity contribution in [3.63, 3.8) is 0 Å². The highest BCUT2D eigenvalue weighted by atomic mass is 19.1. The molecule has 0 spiro atoms. The maximum Gasteiger partial charge on any atom is 0.125 e. The van der Waals surface area contributed by atoms with Crippen LogP contribution in [0.5, 0.6) is 0 Å². The Hall–Kier alpha value is -1.64. The Morgan fingerprint density at radius 3 is 2.71 bits per heavy atom. The molecule has 1 aromatic carbocycles. The van der Waals surface area contributed by atoms with E-state index in [1.165, 1.54) is 12.1 Å². The molecule has 0 fully saturated rings. The van der Waals surface area contributed by atoms with E-state index in [9.17, 15) is 4.39 Å². The van der Waals surface area contributed by atoms with Gasteiger partial charge in [-0.1, -0.05) is 19.9 Å². The Balaban J connectivity index is 2.80. The van der Waals surface area contributed by atoms with Gasteiger partial charge in [0.05, 0.1) is 11.0 Å². The Labute approximate surface area is 101 Å². The van der Waals surface area contributed by atoms with Gasteiger partial charge in [0.1, 0.15) is 11.6 Å². The molecule has 0 aliphatic rings. The van der Waals surface area contributed by atoms with Gasteiger partial charge in [-0.15, -0.1) is 0 Å². The molecule has 90 valence electrons. The van der Waals surface area contributed by atoms with Crippen molar-refractivity contribution in [2.24, 2.45) is 0 Å². The highest BCUT2D eigenvalue weighted by molar-refractivity contribution is 5.80. The van der Waals surface area contributed by atoms with E-state index in [1.54, 1.807) is 6.07 Å². The molecule has 1 heterocycles. The first-order valence-electron chi connectivity index (χ1n) is 5.85. The number of nitrogens with zero attached hydrogens (tertiary/aromatic N) is 2. The first kappa shape index (κ1) is 11.8. The largest absolute Gasteiger partial charge is 0.300 e. The van der Waals surface area contributed by atoms with Crippen LogP contribution in [0.15, 0.2) is 24.3 Å². The van der Waals surface area contributed by atoms with Gasteiger partial charge in [-0.05, 0) is 26.0 Å². The van der Waals surface area contributed by atoms with Crippen LogP contribution in [0.1, 0.15) is 39.4 Å². The molecule has 2 rings (SSSR count). The lowest BCUT2D eigenvalue weighted by atomic mass is 10.2. The number of benzene rings is 1. The van der Waals surface area contributed by atoms with Crippen molar-refractivity contribution >= 4 is 16.7 Å². The third-order valence-corrected chi connectivity index (χ3v) is 2.93. The van der Waals surface area contributed by atoms with Gasteiger partial charge in [0.15, 0.2) is 0 Å². The second-order valence-electron chi connectivity index (χ2n) is 4.52. The molecule has 0 saturated heterocycles. The maximum absolute atomic E-state index is 13.2. The molecular weight excluding hydrogens is 215 g/mol. The topological polar surface area (TPSA) is 17.8 Å². The average Bonchev–Trinajstić information content (AvgIpc) is 2.66. The van der Waals surface area contributed by atoms with E-state index in [0.717, 1.165) is 22.6 Å². The quantitative estimate of drug-likeness (QED) is 0.759. The van der Waals surface area contributed by atoms with E-state index in [0.29, 0.717) is 5.92 Å². The fourth-order valence-corrected chi connectivity index (χ4v) is 1.96. The van der Waals surface area contributed by atoms with Crippen molar-refractivity contribution < 1.29 is 4.39 Å². The van der Waals surface area contributed by atoms with Crippen LogP contribution in [0.25, 0.3) is 16.7 Å². The van der Waals surface area contributed by atoms with E-state index in [-0.39, 0.29) is 5.82 Å². The van der Waals surface area contributed by atoms with Crippen LogP contribution in [-0.4, -0.2) is 9.55 Å². The zero-order chi connectivity index (χ0) is 12.6. The first-order chi connectivity index (χ1) is 8.04. The van der Waals surface area contributed by atoms with Gasteiger partial charge in [-0.25, -0.2) is 9.37 Å².